The monoisotopic (exact) mass is 853 g/mol. The van der Waals surface area contributed by atoms with E-state index in [1.165, 1.54) is 12.8 Å². The molecule has 0 aliphatic rings. The molecule has 0 aromatic rings. The van der Waals surface area contributed by atoms with Gasteiger partial charge in [-0.15, -0.1) is 0 Å². The number of esters is 3. The van der Waals surface area contributed by atoms with Crippen molar-refractivity contribution in [3.63, 3.8) is 0 Å². The van der Waals surface area contributed by atoms with Crippen LogP contribution in [0, 0.1) is 0 Å². The highest BCUT2D eigenvalue weighted by Crippen LogP contribution is 2.12. The van der Waals surface area contributed by atoms with Gasteiger partial charge in [-0.2, -0.15) is 0 Å². The third-order valence-electron chi connectivity index (χ3n) is 9.29. The summed E-state index contributed by atoms with van der Waals surface area (Å²) in [5.41, 5.74) is 0. The third kappa shape index (κ3) is 46.4. The van der Waals surface area contributed by atoms with E-state index in [4.69, 9.17) is 14.2 Å². The molecule has 0 bridgehead atoms. The predicted molar refractivity (Wildman–Crippen MR) is 265 cm³/mol. The first kappa shape index (κ1) is 57.3. The summed E-state index contributed by atoms with van der Waals surface area (Å²) in [5, 5.41) is 0. The maximum atomic E-state index is 12.8. The molecule has 6 nitrogen and oxygen atoms in total. The van der Waals surface area contributed by atoms with Crippen LogP contribution in [0.5, 0.6) is 0 Å². The molecule has 62 heavy (non-hydrogen) atoms. The first-order chi connectivity index (χ1) is 30.5. The number of hydrogen-bond donors (Lipinski definition) is 0. The summed E-state index contributed by atoms with van der Waals surface area (Å²) in [6.07, 6.45) is 69.7. The second-order valence-electron chi connectivity index (χ2n) is 15.1. The van der Waals surface area contributed by atoms with Gasteiger partial charge in [0.05, 0.1) is 0 Å². The third-order valence-corrected chi connectivity index (χ3v) is 9.29. The molecule has 0 aliphatic heterocycles. The Hall–Kier alpha value is -4.71. The standard InChI is InChI=1S/C56H84O6/c1-4-7-10-13-16-19-22-25-27-29-31-34-37-40-43-46-49-55(58)61-52-53(51-60-54(57)48-45-42-39-36-33-30-24-21-18-15-12-9-6-3)62-56(59)50-47-44-41-38-35-32-28-26-23-20-17-14-11-8-5-2/h7-12,14-21,23-28,30,32-33,35,53H,4-6,13,22,29,31,34,36-52H2,1-3H3/b10-7+,11-8+,12-9+,17-14+,18-15+,19-16+,23-20+,24-21+,27-25+,28-26+,33-30+,35-32+. The molecular formula is C56H84O6. The van der Waals surface area contributed by atoms with E-state index in [2.05, 4.69) is 81.5 Å². The largest absolute Gasteiger partial charge is 0.462 e. The topological polar surface area (TPSA) is 78.9 Å². The van der Waals surface area contributed by atoms with Crippen molar-refractivity contribution >= 4 is 17.9 Å². The zero-order valence-corrected chi connectivity index (χ0v) is 39.1. The quantitative estimate of drug-likeness (QED) is 0.0201. The minimum Gasteiger partial charge on any atom is -0.462 e. The molecule has 0 spiro atoms. The lowest BCUT2D eigenvalue weighted by Gasteiger charge is -2.18. The van der Waals surface area contributed by atoms with Crippen molar-refractivity contribution in [2.75, 3.05) is 13.2 Å². The van der Waals surface area contributed by atoms with Gasteiger partial charge in [-0.3, -0.25) is 14.4 Å². The smallest absolute Gasteiger partial charge is 0.306 e. The first-order valence-electron chi connectivity index (χ1n) is 24.0. The van der Waals surface area contributed by atoms with E-state index >= 15 is 0 Å². The van der Waals surface area contributed by atoms with Crippen molar-refractivity contribution in [3.05, 3.63) is 146 Å². The number of hydrogen-bond acceptors (Lipinski definition) is 6. The summed E-state index contributed by atoms with van der Waals surface area (Å²) < 4.78 is 16.7. The summed E-state index contributed by atoms with van der Waals surface area (Å²) in [5.74, 6) is -1.03. The fraction of sp³-hybridized carbons (Fsp3) is 0.518. The van der Waals surface area contributed by atoms with Crippen LogP contribution in [0.2, 0.25) is 0 Å². The zero-order valence-electron chi connectivity index (χ0n) is 39.1. The van der Waals surface area contributed by atoms with Gasteiger partial charge in [0.1, 0.15) is 13.2 Å². The molecule has 1 atom stereocenters. The fourth-order valence-corrected chi connectivity index (χ4v) is 5.78. The van der Waals surface area contributed by atoms with E-state index in [9.17, 15) is 14.4 Å². The van der Waals surface area contributed by atoms with Crippen LogP contribution in [0.4, 0.5) is 0 Å². The number of unbranched alkanes of at least 4 members (excludes halogenated alkanes) is 12. The summed E-state index contributed by atoms with van der Waals surface area (Å²) in [4.78, 5) is 37.9. The summed E-state index contributed by atoms with van der Waals surface area (Å²) in [7, 11) is 0. The second kappa shape index (κ2) is 49.0. The molecule has 0 fully saturated rings. The van der Waals surface area contributed by atoms with Gasteiger partial charge in [0.2, 0.25) is 0 Å². The van der Waals surface area contributed by atoms with Gasteiger partial charge in [0, 0.05) is 19.3 Å². The Morgan fingerprint density at radius 1 is 0.339 bits per heavy atom. The molecule has 6 heteroatoms. The number of rotatable bonds is 40. The van der Waals surface area contributed by atoms with Crippen LogP contribution >= 0.6 is 0 Å². The molecule has 0 aliphatic carbocycles. The Balaban J connectivity index is 4.59. The SMILES string of the molecule is CC/C=C/C=C/C=C/C=C/C=C/CCCCCC(=O)OC(COC(=O)CCCCC/C=C/C=C/C=C/C=C/CC)COC(=O)CCCCCCCC/C=C/C/C=C/C/C=C/CC. The van der Waals surface area contributed by atoms with Crippen molar-refractivity contribution in [3.8, 4) is 0 Å². The highest BCUT2D eigenvalue weighted by molar-refractivity contribution is 5.71. The maximum absolute atomic E-state index is 12.8. The molecule has 0 rings (SSSR count). The van der Waals surface area contributed by atoms with Crippen molar-refractivity contribution in [2.45, 2.75) is 175 Å². The van der Waals surface area contributed by atoms with Crippen LogP contribution in [0.25, 0.3) is 0 Å². The van der Waals surface area contributed by atoms with Gasteiger partial charge in [-0.25, -0.2) is 0 Å². The Bertz CT molecular complexity index is 1440. The first-order valence-corrected chi connectivity index (χ1v) is 24.0. The average Bonchev–Trinajstić information content (AvgIpc) is 3.27. The van der Waals surface area contributed by atoms with E-state index in [-0.39, 0.29) is 37.5 Å². The van der Waals surface area contributed by atoms with Crippen LogP contribution < -0.4 is 0 Å². The zero-order chi connectivity index (χ0) is 45.1. The lowest BCUT2D eigenvalue weighted by atomic mass is 10.1. The predicted octanol–water partition coefficient (Wildman–Crippen LogP) is 15.7. The summed E-state index contributed by atoms with van der Waals surface area (Å²) in [6, 6.07) is 0. The van der Waals surface area contributed by atoms with Gasteiger partial charge in [0.15, 0.2) is 6.10 Å². The lowest BCUT2D eigenvalue weighted by Crippen LogP contribution is -2.30. The van der Waals surface area contributed by atoms with Crippen LogP contribution in [0.15, 0.2) is 146 Å². The van der Waals surface area contributed by atoms with Crippen LogP contribution in [-0.4, -0.2) is 37.2 Å². The molecule has 344 valence electrons. The summed E-state index contributed by atoms with van der Waals surface area (Å²) >= 11 is 0. The average molecular weight is 853 g/mol. The van der Waals surface area contributed by atoms with Gasteiger partial charge >= 0.3 is 17.9 Å². The number of carbonyl (C=O) groups excluding carboxylic acids is 3. The number of allylic oxidation sites excluding steroid dienone is 24. The molecule has 0 N–H and O–H groups in total. The molecule has 0 saturated heterocycles. The van der Waals surface area contributed by atoms with Gasteiger partial charge in [-0.1, -0.05) is 205 Å². The fourth-order valence-electron chi connectivity index (χ4n) is 5.78. The molecular weight excluding hydrogens is 769 g/mol. The van der Waals surface area contributed by atoms with E-state index in [1.54, 1.807) is 0 Å². The van der Waals surface area contributed by atoms with Crippen LogP contribution in [0.3, 0.4) is 0 Å². The Morgan fingerprint density at radius 2 is 0.661 bits per heavy atom. The lowest BCUT2D eigenvalue weighted by molar-refractivity contribution is -0.167. The number of carbonyl (C=O) groups is 3. The Morgan fingerprint density at radius 3 is 1.11 bits per heavy atom. The Kier molecular flexibility index (Phi) is 45.2. The van der Waals surface area contributed by atoms with Gasteiger partial charge in [-0.05, 0) is 89.9 Å². The molecule has 0 aromatic carbocycles. The van der Waals surface area contributed by atoms with E-state index in [1.807, 2.05) is 85.1 Å². The van der Waals surface area contributed by atoms with Crippen LogP contribution in [-0.2, 0) is 28.6 Å². The highest BCUT2D eigenvalue weighted by Gasteiger charge is 2.19. The molecule has 0 amide bonds. The normalized spacial score (nSPS) is 13.4. The van der Waals surface area contributed by atoms with Crippen molar-refractivity contribution < 1.29 is 28.6 Å². The minimum atomic E-state index is -0.828. The molecule has 0 heterocycles. The number of ether oxygens (including phenoxy) is 3. The maximum Gasteiger partial charge on any atom is 0.306 e. The van der Waals surface area contributed by atoms with E-state index in [0.29, 0.717) is 19.3 Å². The second-order valence-corrected chi connectivity index (χ2v) is 15.1. The highest BCUT2D eigenvalue weighted by atomic mass is 16.6. The van der Waals surface area contributed by atoms with Gasteiger partial charge < -0.3 is 14.2 Å². The van der Waals surface area contributed by atoms with E-state index < -0.39 is 6.10 Å². The van der Waals surface area contributed by atoms with Crippen molar-refractivity contribution in [1.29, 1.82) is 0 Å². The molecule has 1 unspecified atom stereocenters. The molecule has 0 radical (unpaired) electrons. The van der Waals surface area contributed by atoms with Crippen LogP contribution in [0.1, 0.15) is 168 Å². The van der Waals surface area contributed by atoms with Gasteiger partial charge in [0.25, 0.3) is 0 Å². The Labute approximate surface area is 378 Å². The molecule has 0 saturated carbocycles. The molecule has 0 aromatic heterocycles. The summed E-state index contributed by atoms with van der Waals surface area (Å²) in [6.45, 7) is 6.12. The van der Waals surface area contributed by atoms with Crippen molar-refractivity contribution in [1.82, 2.24) is 0 Å². The van der Waals surface area contributed by atoms with E-state index in [0.717, 1.165) is 109 Å². The van der Waals surface area contributed by atoms with Crippen molar-refractivity contribution in [2.24, 2.45) is 0 Å². The minimum absolute atomic E-state index is 0.122.